The molecule has 9 heteroatoms. The van der Waals surface area contributed by atoms with Gasteiger partial charge in [0.25, 0.3) is 0 Å². The van der Waals surface area contributed by atoms with Crippen LogP contribution in [0.3, 0.4) is 0 Å². The van der Waals surface area contributed by atoms with Crippen LogP contribution in [0.25, 0.3) is 11.1 Å². The molecule has 0 radical (unpaired) electrons. The van der Waals surface area contributed by atoms with Crippen LogP contribution in [0.2, 0.25) is 0 Å². The highest BCUT2D eigenvalue weighted by molar-refractivity contribution is 7.54. The molecule has 1 atom stereocenters. The highest BCUT2D eigenvalue weighted by Crippen LogP contribution is 2.64. The van der Waals surface area contributed by atoms with Crippen LogP contribution >= 0.6 is 7.67 Å². The minimum Gasteiger partial charge on any atom is -0.450 e. The van der Waals surface area contributed by atoms with Gasteiger partial charge in [-0.3, -0.25) is 19.2 Å². The van der Waals surface area contributed by atoms with Gasteiger partial charge >= 0.3 is 13.4 Å². The molecule has 0 amide bonds. The zero-order chi connectivity index (χ0) is 23.3. The lowest BCUT2D eigenvalue weighted by Gasteiger charge is -2.24. The summed E-state index contributed by atoms with van der Waals surface area (Å²) in [6.45, 7) is 3.11. The maximum Gasteiger partial charge on any atom is 0.346 e. The van der Waals surface area contributed by atoms with E-state index in [2.05, 4.69) is 0 Å². The molecule has 2 heterocycles. The van der Waals surface area contributed by atoms with Crippen molar-refractivity contribution in [2.24, 2.45) is 0 Å². The van der Waals surface area contributed by atoms with Crippen molar-refractivity contribution in [2.75, 3.05) is 26.2 Å². The minimum atomic E-state index is -3.00. The third-order valence-electron chi connectivity index (χ3n) is 6.48. The van der Waals surface area contributed by atoms with Gasteiger partial charge in [0.2, 0.25) is 5.75 Å². The van der Waals surface area contributed by atoms with Gasteiger partial charge in [-0.25, -0.2) is 9.34 Å². The van der Waals surface area contributed by atoms with Crippen LogP contribution in [-0.2, 0) is 15.5 Å². The molecule has 1 aliphatic carbocycles. The Morgan fingerprint density at radius 3 is 2.15 bits per heavy atom. The van der Waals surface area contributed by atoms with Crippen LogP contribution < -0.4 is 4.74 Å². The molecule has 0 saturated carbocycles. The van der Waals surface area contributed by atoms with E-state index in [4.69, 9.17) is 9.26 Å². The molecule has 2 aliphatic heterocycles. The van der Waals surface area contributed by atoms with Crippen molar-refractivity contribution in [3.63, 3.8) is 0 Å². The van der Waals surface area contributed by atoms with E-state index in [9.17, 15) is 14.7 Å². The van der Waals surface area contributed by atoms with Gasteiger partial charge < -0.3 is 4.74 Å². The first-order valence-electron chi connectivity index (χ1n) is 11.5. The standard InChI is InChI=1S/C25H24N3O5P/c29-28(30)23-12-10-21-22(11-13-24(21)33-34(31,26-14-15-26)27-16-17-27)25(23)32-20-8-6-19(7-9-20)18-4-2-1-3-5-18/h1-10,12,24H,11,13-17H2. The van der Waals surface area contributed by atoms with E-state index in [1.165, 1.54) is 6.07 Å². The summed E-state index contributed by atoms with van der Waals surface area (Å²) in [5, 5.41) is 11.8. The first-order valence-corrected chi connectivity index (χ1v) is 13.0. The van der Waals surface area contributed by atoms with Crippen LogP contribution in [0.5, 0.6) is 11.5 Å². The fourth-order valence-electron chi connectivity index (χ4n) is 4.53. The Morgan fingerprint density at radius 2 is 1.53 bits per heavy atom. The molecule has 6 rings (SSSR count). The van der Waals surface area contributed by atoms with Crippen molar-refractivity contribution in [3.05, 3.63) is 88.0 Å². The van der Waals surface area contributed by atoms with Gasteiger partial charge in [-0.05, 0) is 47.7 Å². The van der Waals surface area contributed by atoms with E-state index in [0.717, 1.165) is 48.4 Å². The second-order valence-electron chi connectivity index (χ2n) is 8.76. The molecule has 2 saturated heterocycles. The van der Waals surface area contributed by atoms with Gasteiger partial charge in [0, 0.05) is 37.8 Å². The van der Waals surface area contributed by atoms with E-state index in [-0.39, 0.29) is 17.5 Å². The molecular formula is C25H24N3O5P. The minimum absolute atomic E-state index is 0.0772. The Hall–Kier alpha value is -3.03. The van der Waals surface area contributed by atoms with Crippen LogP contribution in [0.15, 0.2) is 66.7 Å². The molecule has 0 N–H and O–H groups in total. The molecule has 0 aromatic heterocycles. The van der Waals surface area contributed by atoms with Crippen molar-refractivity contribution in [2.45, 2.75) is 18.9 Å². The van der Waals surface area contributed by atoms with Crippen LogP contribution in [0, 0.1) is 10.1 Å². The molecule has 34 heavy (non-hydrogen) atoms. The van der Waals surface area contributed by atoms with E-state index in [0.29, 0.717) is 18.6 Å². The summed E-state index contributed by atoms with van der Waals surface area (Å²) in [6.07, 6.45) is 0.815. The molecule has 3 aromatic carbocycles. The average Bonchev–Trinajstić information content (AvgIpc) is 3.77. The fourth-order valence-corrected chi connectivity index (χ4v) is 6.89. The number of ether oxygens (including phenoxy) is 1. The Labute approximate surface area is 197 Å². The summed E-state index contributed by atoms with van der Waals surface area (Å²) in [5.74, 6) is 0.772. The molecule has 3 aliphatic rings. The Kier molecular flexibility index (Phi) is 5.26. The van der Waals surface area contributed by atoms with Crippen molar-refractivity contribution < 1.29 is 18.7 Å². The lowest BCUT2D eigenvalue weighted by atomic mass is 10.1. The lowest BCUT2D eigenvalue weighted by molar-refractivity contribution is -0.385. The summed E-state index contributed by atoms with van der Waals surface area (Å²) >= 11 is 0. The van der Waals surface area contributed by atoms with Crippen molar-refractivity contribution in [3.8, 4) is 22.6 Å². The Bertz CT molecular complexity index is 1270. The maximum atomic E-state index is 13.5. The maximum absolute atomic E-state index is 13.5. The first-order chi connectivity index (χ1) is 16.5. The molecule has 8 nitrogen and oxygen atoms in total. The number of nitro benzene ring substituents is 1. The predicted molar refractivity (Wildman–Crippen MR) is 128 cm³/mol. The number of hydrogen-bond donors (Lipinski definition) is 0. The number of benzene rings is 3. The monoisotopic (exact) mass is 477 g/mol. The number of nitrogens with zero attached hydrogens (tertiary/aromatic N) is 3. The summed E-state index contributed by atoms with van der Waals surface area (Å²) in [4.78, 5) is 11.4. The van der Waals surface area contributed by atoms with Crippen LogP contribution in [0.1, 0.15) is 23.7 Å². The molecule has 1 unspecified atom stereocenters. The molecule has 174 valence electrons. The van der Waals surface area contributed by atoms with E-state index in [1.54, 1.807) is 6.07 Å². The van der Waals surface area contributed by atoms with Gasteiger partial charge in [-0.1, -0.05) is 42.5 Å². The van der Waals surface area contributed by atoms with Gasteiger partial charge in [-0.15, -0.1) is 0 Å². The van der Waals surface area contributed by atoms with E-state index in [1.807, 2.05) is 63.9 Å². The van der Waals surface area contributed by atoms with E-state index >= 15 is 0 Å². The number of nitro groups is 1. The number of fused-ring (bicyclic) bond motifs is 1. The van der Waals surface area contributed by atoms with Crippen molar-refractivity contribution in [1.82, 2.24) is 9.34 Å². The highest BCUT2D eigenvalue weighted by Gasteiger charge is 2.51. The van der Waals surface area contributed by atoms with Gasteiger partial charge in [0.15, 0.2) is 0 Å². The molecule has 0 spiro atoms. The first kappa shape index (κ1) is 21.5. The van der Waals surface area contributed by atoms with Gasteiger partial charge in [-0.2, -0.15) is 0 Å². The summed E-state index contributed by atoms with van der Waals surface area (Å²) < 4.78 is 29.6. The largest absolute Gasteiger partial charge is 0.450 e. The fraction of sp³-hybridized carbons (Fsp3) is 0.280. The second-order valence-corrected chi connectivity index (χ2v) is 11.1. The number of hydrogen-bond acceptors (Lipinski definition) is 5. The zero-order valence-corrected chi connectivity index (χ0v) is 19.4. The topological polar surface area (TPSA) is 84.7 Å². The molecular weight excluding hydrogens is 453 g/mol. The molecule has 3 aromatic rings. The summed E-state index contributed by atoms with van der Waals surface area (Å²) in [6, 6.07) is 20.7. The smallest absolute Gasteiger partial charge is 0.346 e. The van der Waals surface area contributed by atoms with Crippen molar-refractivity contribution >= 4 is 13.4 Å². The van der Waals surface area contributed by atoms with Crippen LogP contribution in [-0.4, -0.2) is 40.4 Å². The SMILES string of the molecule is O=[N+]([O-])c1ccc2c(c1Oc1ccc(-c3ccccc3)cc1)CCC2OP(=O)(N1CC1)N1CC1. The summed E-state index contributed by atoms with van der Waals surface area (Å²) in [5.41, 5.74) is 3.63. The third kappa shape index (κ3) is 3.93. The second kappa shape index (κ2) is 8.32. The number of rotatable bonds is 8. The highest BCUT2D eigenvalue weighted by atomic mass is 31.2. The quantitative estimate of drug-likeness (QED) is 0.176. The summed E-state index contributed by atoms with van der Waals surface area (Å²) in [7, 11) is -3.00. The van der Waals surface area contributed by atoms with Crippen molar-refractivity contribution in [1.29, 1.82) is 0 Å². The molecule has 0 bridgehead atoms. The van der Waals surface area contributed by atoms with Gasteiger partial charge in [0.1, 0.15) is 5.75 Å². The Balaban J connectivity index is 1.30. The van der Waals surface area contributed by atoms with Gasteiger partial charge in [0.05, 0.1) is 11.0 Å². The normalized spacial score (nSPS) is 19.6. The zero-order valence-electron chi connectivity index (χ0n) is 18.5. The lowest BCUT2D eigenvalue weighted by Crippen LogP contribution is -2.11. The van der Waals surface area contributed by atoms with E-state index < -0.39 is 12.6 Å². The third-order valence-corrected chi connectivity index (χ3v) is 9.24. The van der Waals surface area contributed by atoms with Crippen LogP contribution in [0.4, 0.5) is 5.69 Å². The predicted octanol–water partition coefficient (Wildman–Crippen LogP) is 5.80. The molecule has 2 fully saturated rings. The Morgan fingerprint density at radius 1 is 0.882 bits per heavy atom. The average molecular weight is 477 g/mol.